The first kappa shape index (κ1) is 94.7. The second kappa shape index (κ2) is 77.8. The van der Waals surface area contributed by atoms with Crippen molar-refractivity contribution in [3.63, 3.8) is 0 Å². The summed E-state index contributed by atoms with van der Waals surface area (Å²) in [5.74, 6) is -0.816. The molecule has 0 aromatic rings. The van der Waals surface area contributed by atoms with E-state index in [0.29, 0.717) is 17.4 Å². The maximum Gasteiger partial charge on any atom is 0.306 e. The van der Waals surface area contributed by atoms with Gasteiger partial charge in [-0.1, -0.05) is 380 Å². The van der Waals surface area contributed by atoms with Crippen molar-refractivity contribution in [3.05, 3.63) is 109 Å². The Balaban J connectivity index is 3.92. The lowest BCUT2D eigenvalue weighted by atomic mass is 10.0. The van der Waals surface area contributed by atoms with Crippen LogP contribution in [0.3, 0.4) is 0 Å². The fourth-order valence-electron chi connectivity index (χ4n) is 12.0. The minimum absolute atomic E-state index is 0.0310. The summed E-state index contributed by atoms with van der Waals surface area (Å²) in [6.07, 6.45) is 111. The molecule has 0 saturated heterocycles. The molecule has 0 spiro atoms. The smallest absolute Gasteiger partial charge is 0.306 e. The van der Waals surface area contributed by atoms with Crippen molar-refractivity contribution in [1.82, 2.24) is 0 Å². The zero-order chi connectivity index (χ0) is 71.1. The van der Waals surface area contributed by atoms with Gasteiger partial charge in [-0.05, 0) is 103 Å². The van der Waals surface area contributed by atoms with Crippen molar-refractivity contribution in [3.8, 4) is 0 Å². The number of hydrogen-bond donors (Lipinski definition) is 0. The zero-order valence-corrected chi connectivity index (χ0v) is 65.9. The number of phosphoric ester groups is 1. The third-order valence-electron chi connectivity index (χ3n) is 18.3. The average molecular weight is 1390 g/mol. The van der Waals surface area contributed by atoms with Crippen LogP contribution in [0.2, 0.25) is 0 Å². The van der Waals surface area contributed by atoms with E-state index >= 15 is 0 Å². The van der Waals surface area contributed by atoms with Crippen molar-refractivity contribution >= 4 is 19.8 Å². The monoisotopic (exact) mass is 1390 g/mol. The van der Waals surface area contributed by atoms with Crippen LogP contribution in [0.4, 0.5) is 0 Å². The number of unbranched alkanes of at least 4 members (excludes halogenated alkanes) is 45. The molecule has 98 heavy (non-hydrogen) atoms. The van der Waals surface area contributed by atoms with Gasteiger partial charge >= 0.3 is 11.9 Å². The van der Waals surface area contributed by atoms with Crippen LogP contribution in [0.25, 0.3) is 0 Å². The van der Waals surface area contributed by atoms with E-state index in [0.717, 1.165) is 89.9 Å². The molecule has 0 radical (unpaired) electrons. The van der Waals surface area contributed by atoms with Gasteiger partial charge in [0.25, 0.3) is 7.82 Å². The molecule has 0 aromatic carbocycles. The molecule has 0 bridgehead atoms. The van der Waals surface area contributed by atoms with Gasteiger partial charge in [-0.2, -0.15) is 0 Å². The van der Waals surface area contributed by atoms with E-state index in [2.05, 4.69) is 123 Å². The number of rotatable bonds is 77. The number of carbonyl (C=O) groups excluding carboxylic acids is 2. The number of esters is 2. The number of quaternary nitrogens is 1. The van der Waals surface area contributed by atoms with Crippen molar-refractivity contribution < 1.29 is 42.1 Å². The lowest BCUT2D eigenvalue weighted by molar-refractivity contribution is -0.870. The molecular weight excluding hydrogens is 1230 g/mol. The van der Waals surface area contributed by atoms with Crippen molar-refractivity contribution in [2.45, 2.75) is 392 Å². The third kappa shape index (κ3) is 81.6. The van der Waals surface area contributed by atoms with Crippen molar-refractivity contribution in [1.29, 1.82) is 0 Å². The Kier molecular flexibility index (Phi) is 75.2. The quantitative estimate of drug-likeness (QED) is 0.0195. The SMILES string of the molecule is CC/C=C\C/C=C\C/C=C\C/C=C\C/C=C\C/C=C\CCCCCCCCCCCCCCCCCCCCCCCCC(=O)OC(COC(=O)CCCCCCCCCCCCCCCCCCCC/C=C\C/C=C\C/C=C\CCCCCCC)COP(=O)([O-])OCC[N+](C)(C)C. The number of phosphoric acid groups is 1. The first-order valence-electron chi connectivity index (χ1n) is 41.6. The molecule has 0 rings (SSSR count). The van der Waals surface area contributed by atoms with E-state index in [9.17, 15) is 19.0 Å². The van der Waals surface area contributed by atoms with Crippen LogP contribution in [-0.4, -0.2) is 70.0 Å². The summed E-state index contributed by atoms with van der Waals surface area (Å²) >= 11 is 0. The summed E-state index contributed by atoms with van der Waals surface area (Å²) in [5, 5.41) is 0. The molecule has 0 fully saturated rings. The van der Waals surface area contributed by atoms with Crippen LogP contribution in [0.1, 0.15) is 386 Å². The van der Waals surface area contributed by atoms with Crippen LogP contribution in [0, 0.1) is 0 Å². The summed E-state index contributed by atoms with van der Waals surface area (Å²) in [6.45, 7) is 4.17. The molecule has 0 saturated carbocycles. The largest absolute Gasteiger partial charge is 0.756 e. The van der Waals surface area contributed by atoms with Gasteiger partial charge in [-0.15, -0.1) is 0 Å². The molecule has 568 valence electrons. The highest BCUT2D eigenvalue weighted by Gasteiger charge is 2.22. The topological polar surface area (TPSA) is 111 Å². The lowest BCUT2D eigenvalue weighted by Crippen LogP contribution is -2.37. The van der Waals surface area contributed by atoms with Crippen molar-refractivity contribution in [2.75, 3.05) is 47.5 Å². The Morgan fingerprint density at radius 2 is 0.582 bits per heavy atom. The molecule has 0 aliphatic rings. The summed E-state index contributed by atoms with van der Waals surface area (Å²) in [5.41, 5.74) is 0. The van der Waals surface area contributed by atoms with Gasteiger partial charge in [0.2, 0.25) is 0 Å². The molecule has 0 aliphatic carbocycles. The standard InChI is InChI=1S/C88H158NO8P/c1-6-8-10-12-14-16-18-20-22-24-26-28-30-32-34-36-38-40-41-42-43-44-45-46-47-49-51-53-55-57-59-61-63-65-67-69-71-73-75-77-79-81-88(91)97-86(85-96-98(92,93)95-83-82-89(3,4)5)84-94-87(90)80-78-76-74-72-70-68-66-64-62-60-58-56-54-52-50-48-39-37-35-33-31-29-27-25-23-21-19-17-15-13-11-9-7-2/h8,10,14,16,19-22,25-28,31-34,38,40,86H,6-7,9,11-13,15,17-18,23-24,29-30,35-37,39,41-85H2,1-5H3/b10-8-,16-14-,21-19-,22-20-,27-25-,28-26-,33-31-,34-32-,40-38-. The van der Waals surface area contributed by atoms with E-state index < -0.39 is 26.5 Å². The highest BCUT2D eigenvalue weighted by atomic mass is 31.2. The number of ether oxygens (including phenoxy) is 2. The molecule has 0 aromatic heterocycles. The predicted molar refractivity (Wildman–Crippen MR) is 425 cm³/mol. The molecule has 2 atom stereocenters. The number of likely N-dealkylation sites (N-methyl/N-ethyl adjacent to an activating group) is 1. The fourth-order valence-corrected chi connectivity index (χ4v) is 12.7. The normalized spacial score (nSPS) is 13.6. The maximum absolute atomic E-state index is 12.9. The Labute approximate surface area is 607 Å². The van der Waals surface area contributed by atoms with Crippen LogP contribution < -0.4 is 4.89 Å². The third-order valence-corrected chi connectivity index (χ3v) is 19.2. The molecule has 0 N–H and O–H groups in total. The van der Waals surface area contributed by atoms with E-state index in [1.54, 1.807) is 0 Å². The number of allylic oxidation sites excluding steroid dienone is 18. The molecule has 0 amide bonds. The van der Waals surface area contributed by atoms with Gasteiger partial charge in [-0.25, -0.2) is 0 Å². The molecule has 2 unspecified atom stereocenters. The van der Waals surface area contributed by atoms with Crippen LogP contribution in [0.5, 0.6) is 0 Å². The lowest BCUT2D eigenvalue weighted by Gasteiger charge is -2.28. The highest BCUT2D eigenvalue weighted by Crippen LogP contribution is 2.38. The highest BCUT2D eigenvalue weighted by molar-refractivity contribution is 7.45. The average Bonchev–Trinajstić information content (AvgIpc) is 1.08. The van der Waals surface area contributed by atoms with Gasteiger partial charge in [0.1, 0.15) is 19.8 Å². The van der Waals surface area contributed by atoms with Gasteiger partial charge < -0.3 is 27.9 Å². The van der Waals surface area contributed by atoms with E-state index in [-0.39, 0.29) is 32.0 Å². The molecule has 9 nitrogen and oxygen atoms in total. The van der Waals surface area contributed by atoms with Gasteiger partial charge in [0.15, 0.2) is 6.10 Å². The second-order valence-corrected chi connectivity index (χ2v) is 30.5. The Bertz CT molecular complexity index is 2030. The fraction of sp³-hybridized carbons (Fsp3) is 0.773. The Morgan fingerprint density at radius 3 is 0.867 bits per heavy atom. The van der Waals surface area contributed by atoms with Crippen LogP contribution >= 0.6 is 7.82 Å². The summed E-state index contributed by atoms with van der Waals surface area (Å²) in [4.78, 5) is 38.2. The molecule has 0 aliphatic heterocycles. The number of carbonyl (C=O) groups is 2. The second-order valence-electron chi connectivity index (χ2n) is 29.1. The van der Waals surface area contributed by atoms with E-state index in [4.69, 9.17) is 18.5 Å². The summed E-state index contributed by atoms with van der Waals surface area (Å²) in [6, 6.07) is 0. The van der Waals surface area contributed by atoms with E-state index in [1.807, 2.05) is 21.1 Å². The Hall–Kier alpha value is -3.33. The van der Waals surface area contributed by atoms with E-state index in [1.165, 1.54) is 263 Å². The molecular formula is C88H158NO8P. The van der Waals surface area contributed by atoms with Crippen molar-refractivity contribution in [2.24, 2.45) is 0 Å². The first-order chi connectivity index (χ1) is 48.0. The predicted octanol–water partition coefficient (Wildman–Crippen LogP) is 27.3. The van der Waals surface area contributed by atoms with Crippen LogP contribution in [0.15, 0.2) is 109 Å². The van der Waals surface area contributed by atoms with Gasteiger partial charge in [0.05, 0.1) is 27.7 Å². The zero-order valence-electron chi connectivity index (χ0n) is 65.0. The summed E-state index contributed by atoms with van der Waals surface area (Å²) in [7, 11) is 1.18. The number of hydrogen-bond acceptors (Lipinski definition) is 8. The van der Waals surface area contributed by atoms with Crippen LogP contribution in [-0.2, 0) is 32.7 Å². The minimum atomic E-state index is -4.65. The number of nitrogens with zero attached hydrogens (tertiary/aromatic N) is 1. The van der Waals surface area contributed by atoms with Gasteiger partial charge in [0, 0.05) is 12.8 Å². The maximum atomic E-state index is 12.9. The minimum Gasteiger partial charge on any atom is -0.756 e. The molecule has 10 heteroatoms. The van der Waals surface area contributed by atoms with Gasteiger partial charge in [-0.3, -0.25) is 14.2 Å². The Morgan fingerprint density at radius 1 is 0.327 bits per heavy atom. The molecule has 0 heterocycles. The summed E-state index contributed by atoms with van der Waals surface area (Å²) < 4.78 is 34.5. The first-order valence-corrected chi connectivity index (χ1v) is 43.1.